The van der Waals surface area contributed by atoms with Gasteiger partial charge in [0.05, 0.1) is 10.9 Å². The molecule has 5 nitrogen and oxygen atoms in total. The molecule has 1 aliphatic heterocycles. The summed E-state index contributed by atoms with van der Waals surface area (Å²) in [6.45, 7) is 2.60. The molecule has 138 valence electrons. The van der Waals surface area contributed by atoms with Crippen molar-refractivity contribution in [2.24, 2.45) is 0 Å². The molecule has 1 amide bonds. The van der Waals surface area contributed by atoms with Crippen LogP contribution in [0.4, 0.5) is 0 Å². The average molecular weight is 372 g/mol. The molecule has 0 bridgehead atoms. The Kier molecular flexibility index (Phi) is 5.74. The van der Waals surface area contributed by atoms with Gasteiger partial charge in [-0.3, -0.25) is 9.69 Å². The first-order valence-electron chi connectivity index (χ1n) is 8.82. The average Bonchev–Trinajstić information content (AvgIpc) is 3.16. The Labute approximate surface area is 154 Å². The topological polar surface area (TPSA) is 66.5 Å². The number of nitrogens with zero attached hydrogens (tertiary/aromatic N) is 1. The summed E-state index contributed by atoms with van der Waals surface area (Å²) in [7, 11) is -3.26. The molecule has 1 aliphatic rings. The number of benzene rings is 2. The number of likely N-dealkylation sites (tertiary alicyclic amines) is 1. The number of carbonyl (C=O) groups is 1. The van der Waals surface area contributed by atoms with E-state index in [-0.39, 0.29) is 16.8 Å². The van der Waals surface area contributed by atoms with Gasteiger partial charge in [0.2, 0.25) is 0 Å². The molecule has 1 atom stereocenters. The van der Waals surface area contributed by atoms with Crippen molar-refractivity contribution in [2.75, 3.05) is 25.9 Å². The predicted molar refractivity (Wildman–Crippen MR) is 102 cm³/mol. The van der Waals surface area contributed by atoms with Crippen molar-refractivity contribution in [1.82, 2.24) is 10.2 Å². The van der Waals surface area contributed by atoms with Crippen LogP contribution in [0.2, 0.25) is 0 Å². The van der Waals surface area contributed by atoms with E-state index >= 15 is 0 Å². The molecule has 0 saturated carbocycles. The van der Waals surface area contributed by atoms with Gasteiger partial charge < -0.3 is 5.32 Å². The first-order valence-corrected chi connectivity index (χ1v) is 10.7. The van der Waals surface area contributed by atoms with Crippen molar-refractivity contribution >= 4 is 15.7 Å². The molecule has 26 heavy (non-hydrogen) atoms. The fraction of sp³-hybridized carbons (Fsp3) is 0.350. The largest absolute Gasteiger partial charge is 0.350 e. The maximum absolute atomic E-state index is 12.5. The van der Waals surface area contributed by atoms with Crippen LogP contribution in [-0.2, 0) is 9.84 Å². The maximum atomic E-state index is 12.5. The Morgan fingerprint density at radius 2 is 1.65 bits per heavy atom. The van der Waals surface area contributed by atoms with E-state index in [1.165, 1.54) is 30.5 Å². The van der Waals surface area contributed by atoms with Crippen LogP contribution in [0.15, 0.2) is 59.5 Å². The van der Waals surface area contributed by atoms with E-state index in [0.29, 0.717) is 12.1 Å². The number of carbonyl (C=O) groups excluding carboxylic acids is 1. The monoisotopic (exact) mass is 372 g/mol. The molecule has 0 radical (unpaired) electrons. The van der Waals surface area contributed by atoms with Gasteiger partial charge in [-0.1, -0.05) is 30.3 Å². The second-order valence-corrected chi connectivity index (χ2v) is 8.69. The summed E-state index contributed by atoms with van der Waals surface area (Å²) in [5, 5.41) is 3.00. The zero-order chi connectivity index (χ0) is 18.6. The zero-order valence-electron chi connectivity index (χ0n) is 14.9. The minimum atomic E-state index is -3.26. The SMILES string of the molecule is CS(=O)(=O)c1ccc(C(=O)NC[C@@H](c2ccccc2)N2CCCC2)cc1. The van der Waals surface area contributed by atoms with Gasteiger partial charge in [-0.05, 0) is 55.8 Å². The molecule has 1 fully saturated rings. The minimum absolute atomic E-state index is 0.151. The molecule has 0 aliphatic carbocycles. The molecule has 1 heterocycles. The summed E-state index contributed by atoms with van der Waals surface area (Å²) in [4.78, 5) is 15.1. The second-order valence-electron chi connectivity index (χ2n) is 6.68. The van der Waals surface area contributed by atoms with Gasteiger partial charge in [0.1, 0.15) is 0 Å². The quantitative estimate of drug-likeness (QED) is 0.847. The number of hydrogen-bond acceptors (Lipinski definition) is 4. The van der Waals surface area contributed by atoms with Crippen LogP contribution >= 0.6 is 0 Å². The summed E-state index contributed by atoms with van der Waals surface area (Å²) in [5.41, 5.74) is 1.66. The highest BCUT2D eigenvalue weighted by molar-refractivity contribution is 7.90. The number of sulfone groups is 1. The van der Waals surface area contributed by atoms with Crippen molar-refractivity contribution < 1.29 is 13.2 Å². The van der Waals surface area contributed by atoms with Gasteiger partial charge in [-0.25, -0.2) is 8.42 Å². The zero-order valence-corrected chi connectivity index (χ0v) is 15.7. The van der Waals surface area contributed by atoms with Gasteiger partial charge in [-0.15, -0.1) is 0 Å². The third-order valence-corrected chi connectivity index (χ3v) is 5.89. The number of rotatable bonds is 6. The number of nitrogens with one attached hydrogen (secondary N) is 1. The molecule has 1 saturated heterocycles. The van der Waals surface area contributed by atoms with Crippen LogP contribution in [0.5, 0.6) is 0 Å². The van der Waals surface area contributed by atoms with E-state index in [9.17, 15) is 13.2 Å². The van der Waals surface area contributed by atoms with Crippen molar-refractivity contribution in [3.05, 3.63) is 65.7 Å². The molecule has 6 heteroatoms. The van der Waals surface area contributed by atoms with Crippen LogP contribution < -0.4 is 5.32 Å². The lowest BCUT2D eigenvalue weighted by Gasteiger charge is -2.28. The van der Waals surface area contributed by atoms with E-state index in [1.54, 1.807) is 12.1 Å². The maximum Gasteiger partial charge on any atom is 0.251 e. The lowest BCUT2D eigenvalue weighted by molar-refractivity contribution is 0.0938. The van der Waals surface area contributed by atoms with Gasteiger partial charge in [0.25, 0.3) is 5.91 Å². The highest BCUT2D eigenvalue weighted by atomic mass is 32.2. The molecular weight excluding hydrogens is 348 g/mol. The standard InChI is InChI=1S/C20H24N2O3S/c1-26(24,25)18-11-9-17(10-12-18)20(23)21-15-19(22-13-5-6-14-22)16-7-3-2-4-8-16/h2-4,7-12,19H,5-6,13-15H2,1H3,(H,21,23)/t19-/m0/s1. The summed E-state index contributed by atoms with van der Waals surface area (Å²) < 4.78 is 23.1. The van der Waals surface area contributed by atoms with Crippen LogP contribution in [0, 0.1) is 0 Å². The Morgan fingerprint density at radius 1 is 1.04 bits per heavy atom. The molecule has 0 spiro atoms. The van der Waals surface area contributed by atoms with Crippen LogP contribution in [0.3, 0.4) is 0 Å². The lowest BCUT2D eigenvalue weighted by atomic mass is 10.1. The summed E-state index contributed by atoms with van der Waals surface area (Å²) >= 11 is 0. The molecule has 2 aromatic rings. The number of amides is 1. The highest BCUT2D eigenvalue weighted by Crippen LogP contribution is 2.24. The lowest BCUT2D eigenvalue weighted by Crippen LogP contribution is -2.36. The van der Waals surface area contributed by atoms with Crippen molar-refractivity contribution in [3.8, 4) is 0 Å². The van der Waals surface area contributed by atoms with Gasteiger partial charge in [0, 0.05) is 18.4 Å². The Hall–Kier alpha value is -2.18. The van der Waals surface area contributed by atoms with Crippen molar-refractivity contribution in [1.29, 1.82) is 0 Å². The predicted octanol–water partition coefficient (Wildman–Crippen LogP) is 2.66. The first kappa shape index (κ1) is 18.6. The summed E-state index contributed by atoms with van der Waals surface area (Å²) in [5.74, 6) is -0.190. The van der Waals surface area contributed by atoms with Crippen LogP contribution in [0.25, 0.3) is 0 Å². The first-order chi connectivity index (χ1) is 12.4. The Balaban J connectivity index is 1.69. The van der Waals surface area contributed by atoms with Crippen molar-refractivity contribution in [2.45, 2.75) is 23.8 Å². The Bertz CT molecular complexity index is 842. The Morgan fingerprint density at radius 3 is 2.23 bits per heavy atom. The van der Waals surface area contributed by atoms with E-state index in [2.05, 4.69) is 22.3 Å². The third-order valence-electron chi connectivity index (χ3n) is 4.77. The smallest absolute Gasteiger partial charge is 0.251 e. The van der Waals surface area contributed by atoms with E-state index in [4.69, 9.17) is 0 Å². The van der Waals surface area contributed by atoms with E-state index < -0.39 is 9.84 Å². The highest BCUT2D eigenvalue weighted by Gasteiger charge is 2.24. The van der Waals surface area contributed by atoms with Crippen molar-refractivity contribution in [3.63, 3.8) is 0 Å². The second kappa shape index (κ2) is 8.01. The van der Waals surface area contributed by atoms with E-state index in [0.717, 1.165) is 19.3 Å². The fourth-order valence-electron chi connectivity index (χ4n) is 3.33. The molecular formula is C20H24N2O3S. The molecule has 2 aromatic carbocycles. The van der Waals surface area contributed by atoms with Crippen LogP contribution in [0.1, 0.15) is 34.8 Å². The van der Waals surface area contributed by atoms with Crippen LogP contribution in [-0.4, -0.2) is 45.1 Å². The van der Waals surface area contributed by atoms with Gasteiger partial charge in [0.15, 0.2) is 9.84 Å². The summed E-state index contributed by atoms with van der Waals surface area (Å²) in [6, 6.07) is 16.4. The summed E-state index contributed by atoms with van der Waals surface area (Å²) in [6.07, 6.45) is 3.52. The minimum Gasteiger partial charge on any atom is -0.350 e. The molecule has 3 rings (SSSR count). The molecule has 1 N–H and O–H groups in total. The molecule has 0 aromatic heterocycles. The van der Waals surface area contributed by atoms with E-state index in [1.807, 2.05) is 18.2 Å². The number of hydrogen-bond donors (Lipinski definition) is 1. The normalized spacial score (nSPS) is 16.3. The fourth-order valence-corrected chi connectivity index (χ4v) is 3.96. The third kappa shape index (κ3) is 4.51. The molecule has 0 unspecified atom stereocenters. The van der Waals surface area contributed by atoms with Gasteiger partial charge in [-0.2, -0.15) is 0 Å². The van der Waals surface area contributed by atoms with Gasteiger partial charge >= 0.3 is 0 Å².